The van der Waals surface area contributed by atoms with Crippen LogP contribution in [-0.2, 0) is 24.3 Å². The molecule has 0 radical (unpaired) electrons. The molecule has 0 fully saturated rings. The number of carbonyl (C=O) groups excluding carboxylic acids is 1. The Kier molecular flexibility index (Phi) is 7.26. The molecule has 1 amide bonds. The summed E-state index contributed by atoms with van der Waals surface area (Å²) in [6, 6.07) is 9.53. The summed E-state index contributed by atoms with van der Waals surface area (Å²) >= 11 is 0. The van der Waals surface area contributed by atoms with E-state index in [4.69, 9.17) is 19.9 Å². The van der Waals surface area contributed by atoms with Crippen molar-refractivity contribution in [3.05, 3.63) is 71.8 Å². The predicted molar refractivity (Wildman–Crippen MR) is 117 cm³/mol. The fourth-order valence-corrected chi connectivity index (χ4v) is 3.50. The maximum Gasteiger partial charge on any atom is 0.221 e. The van der Waals surface area contributed by atoms with Gasteiger partial charge in [-0.3, -0.25) is 14.8 Å². The van der Waals surface area contributed by atoms with Crippen LogP contribution in [0.2, 0.25) is 0 Å². The lowest BCUT2D eigenvalue weighted by Crippen LogP contribution is -2.26. The molecule has 0 aliphatic rings. The van der Waals surface area contributed by atoms with Crippen LogP contribution in [0.3, 0.4) is 0 Å². The summed E-state index contributed by atoms with van der Waals surface area (Å²) in [6.45, 7) is 1.06. The first-order valence-electron chi connectivity index (χ1n) is 9.70. The van der Waals surface area contributed by atoms with Crippen molar-refractivity contribution in [3.8, 4) is 17.2 Å². The van der Waals surface area contributed by atoms with Crippen LogP contribution in [0.1, 0.15) is 16.7 Å². The molecule has 3 aromatic rings. The minimum atomic E-state index is -0.458. The van der Waals surface area contributed by atoms with E-state index in [1.165, 1.54) is 7.11 Å². The molecule has 0 spiro atoms. The van der Waals surface area contributed by atoms with Gasteiger partial charge in [-0.15, -0.1) is 0 Å². The topological polar surface area (TPSA) is 99.8 Å². The number of rotatable bonds is 10. The van der Waals surface area contributed by atoms with Crippen LogP contribution < -0.4 is 24.8 Å². The molecular weight excluding hydrogens is 396 g/mol. The Labute approximate surface area is 181 Å². The number of nitrogens with two attached hydrogens (primary N) is 1. The molecule has 0 bridgehead atoms. The first kappa shape index (κ1) is 21.9. The molecule has 162 valence electrons. The summed E-state index contributed by atoms with van der Waals surface area (Å²) in [4.78, 5) is 22.3. The van der Waals surface area contributed by atoms with Gasteiger partial charge in [0.2, 0.25) is 11.7 Å². The molecule has 0 atom stereocenters. The lowest BCUT2D eigenvalue weighted by atomic mass is 10.0. The van der Waals surface area contributed by atoms with Gasteiger partial charge in [0, 0.05) is 37.9 Å². The number of anilines is 1. The van der Waals surface area contributed by atoms with Crippen LogP contribution in [0, 0.1) is 0 Å². The summed E-state index contributed by atoms with van der Waals surface area (Å²) in [5.74, 6) is 0.917. The Morgan fingerprint density at radius 3 is 2.23 bits per heavy atom. The van der Waals surface area contributed by atoms with Crippen LogP contribution in [0.4, 0.5) is 5.69 Å². The van der Waals surface area contributed by atoms with Crippen molar-refractivity contribution in [2.75, 3.05) is 26.2 Å². The lowest BCUT2D eigenvalue weighted by Gasteiger charge is -2.30. The van der Waals surface area contributed by atoms with Crippen molar-refractivity contribution < 1.29 is 19.0 Å². The Bertz CT molecular complexity index is 972. The Balaban J connectivity index is 2.20. The average molecular weight is 422 g/mol. The number of hydrogen-bond donors (Lipinski definition) is 1. The Morgan fingerprint density at radius 2 is 1.65 bits per heavy atom. The number of benzene rings is 1. The lowest BCUT2D eigenvalue weighted by molar-refractivity contribution is -0.117. The van der Waals surface area contributed by atoms with Crippen molar-refractivity contribution >= 4 is 11.6 Å². The highest BCUT2D eigenvalue weighted by molar-refractivity contribution is 5.83. The zero-order chi connectivity index (χ0) is 22.2. The van der Waals surface area contributed by atoms with Crippen LogP contribution in [0.5, 0.6) is 17.2 Å². The summed E-state index contributed by atoms with van der Waals surface area (Å²) in [7, 11) is 4.64. The molecule has 0 aliphatic heterocycles. The van der Waals surface area contributed by atoms with Gasteiger partial charge < -0.3 is 24.8 Å². The number of hydrogen-bond acceptors (Lipinski definition) is 7. The summed E-state index contributed by atoms with van der Waals surface area (Å²) in [6.07, 6.45) is 7.04. The number of nitrogens with zero attached hydrogens (tertiary/aromatic N) is 3. The van der Waals surface area contributed by atoms with Gasteiger partial charge in [0.25, 0.3) is 0 Å². The van der Waals surface area contributed by atoms with Gasteiger partial charge in [-0.2, -0.15) is 0 Å². The number of carbonyl (C=O) groups is 1. The van der Waals surface area contributed by atoms with Gasteiger partial charge in [-0.1, -0.05) is 6.07 Å². The molecule has 0 aliphatic carbocycles. The molecule has 8 heteroatoms. The van der Waals surface area contributed by atoms with E-state index in [9.17, 15) is 4.79 Å². The fraction of sp³-hybridized carbons (Fsp3) is 0.261. The fourth-order valence-electron chi connectivity index (χ4n) is 3.50. The highest BCUT2D eigenvalue weighted by atomic mass is 16.5. The maximum absolute atomic E-state index is 11.9. The number of amides is 1. The number of methoxy groups -OCH3 is 3. The van der Waals surface area contributed by atoms with Gasteiger partial charge in [-0.25, -0.2) is 0 Å². The van der Waals surface area contributed by atoms with Gasteiger partial charge in [-0.05, 0) is 41.0 Å². The van der Waals surface area contributed by atoms with Crippen LogP contribution in [-0.4, -0.2) is 37.2 Å². The van der Waals surface area contributed by atoms with Gasteiger partial charge >= 0.3 is 0 Å². The van der Waals surface area contributed by atoms with E-state index >= 15 is 0 Å². The second-order valence-corrected chi connectivity index (χ2v) is 6.87. The molecule has 2 aromatic heterocycles. The van der Waals surface area contributed by atoms with E-state index in [-0.39, 0.29) is 6.42 Å². The third-order valence-corrected chi connectivity index (χ3v) is 4.78. The van der Waals surface area contributed by atoms with Gasteiger partial charge in [0.05, 0.1) is 33.4 Å². The second kappa shape index (κ2) is 10.3. The minimum absolute atomic E-state index is 0.0198. The average Bonchev–Trinajstić information content (AvgIpc) is 2.78. The number of aromatic nitrogens is 2. The number of ether oxygens (including phenoxy) is 3. The zero-order valence-corrected chi connectivity index (χ0v) is 17.9. The van der Waals surface area contributed by atoms with Crippen molar-refractivity contribution in [1.82, 2.24) is 9.97 Å². The van der Waals surface area contributed by atoms with E-state index < -0.39 is 5.91 Å². The smallest absolute Gasteiger partial charge is 0.221 e. The Hall–Kier alpha value is -3.81. The molecule has 0 saturated carbocycles. The van der Waals surface area contributed by atoms with Crippen LogP contribution in [0.15, 0.2) is 55.1 Å². The highest BCUT2D eigenvalue weighted by Crippen LogP contribution is 2.47. The second-order valence-electron chi connectivity index (χ2n) is 6.87. The largest absolute Gasteiger partial charge is 0.493 e. The van der Waals surface area contributed by atoms with E-state index in [2.05, 4.69) is 14.9 Å². The molecule has 3 rings (SSSR count). The SMILES string of the molecule is COc1cc(CC(N)=O)c(N(Cc2ccncc2)Cc2cccnc2)c(OC)c1OC. The van der Waals surface area contributed by atoms with Crippen LogP contribution in [0.25, 0.3) is 0 Å². The predicted octanol–water partition coefficient (Wildman–Crippen LogP) is 2.74. The van der Waals surface area contributed by atoms with Crippen molar-refractivity contribution in [3.63, 3.8) is 0 Å². The van der Waals surface area contributed by atoms with Crippen LogP contribution >= 0.6 is 0 Å². The molecule has 0 unspecified atom stereocenters. The summed E-state index contributed by atoms with van der Waals surface area (Å²) in [5.41, 5.74) is 8.99. The molecule has 2 N–H and O–H groups in total. The molecule has 2 heterocycles. The number of primary amides is 1. The summed E-state index contributed by atoms with van der Waals surface area (Å²) in [5, 5.41) is 0. The maximum atomic E-state index is 11.9. The highest BCUT2D eigenvalue weighted by Gasteiger charge is 2.26. The monoisotopic (exact) mass is 422 g/mol. The van der Waals surface area contributed by atoms with Crippen molar-refractivity contribution in [2.45, 2.75) is 19.5 Å². The summed E-state index contributed by atoms with van der Waals surface area (Å²) < 4.78 is 16.8. The van der Waals surface area contributed by atoms with E-state index in [0.29, 0.717) is 41.6 Å². The zero-order valence-electron chi connectivity index (χ0n) is 17.9. The third kappa shape index (κ3) is 5.22. The molecule has 8 nitrogen and oxygen atoms in total. The molecular formula is C23H26N4O4. The third-order valence-electron chi connectivity index (χ3n) is 4.78. The first-order valence-corrected chi connectivity index (χ1v) is 9.70. The number of pyridine rings is 2. The minimum Gasteiger partial charge on any atom is -0.493 e. The van der Waals surface area contributed by atoms with Gasteiger partial charge in [0.15, 0.2) is 11.5 Å². The molecule has 0 saturated heterocycles. The normalized spacial score (nSPS) is 10.4. The quantitative estimate of drug-likeness (QED) is 0.536. The van der Waals surface area contributed by atoms with Crippen molar-refractivity contribution in [2.24, 2.45) is 5.73 Å². The molecule has 31 heavy (non-hydrogen) atoms. The first-order chi connectivity index (χ1) is 15.1. The molecule has 1 aromatic carbocycles. The van der Waals surface area contributed by atoms with E-state index in [1.807, 2.05) is 24.3 Å². The van der Waals surface area contributed by atoms with Crippen molar-refractivity contribution in [1.29, 1.82) is 0 Å². The Morgan fingerprint density at radius 1 is 0.935 bits per heavy atom. The van der Waals surface area contributed by atoms with E-state index in [1.54, 1.807) is 45.1 Å². The standard InChI is InChI=1S/C23H26N4O4/c1-29-19-11-18(12-20(24)28)21(23(31-3)22(19)30-2)27(14-16-6-9-25-10-7-16)15-17-5-4-8-26-13-17/h4-11,13H,12,14-15H2,1-3H3,(H2,24,28). The van der Waals surface area contributed by atoms with E-state index in [0.717, 1.165) is 11.1 Å². The van der Waals surface area contributed by atoms with Gasteiger partial charge in [0.1, 0.15) is 0 Å².